The van der Waals surface area contributed by atoms with Crippen LogP contribution in [-0.4, -0.2) is 9.55 Å². The number of hydrogen-bond donors (Lipinski definition) is 1. The average Bonchev–Trinajstić information content (AvgIpc) is 3.56. The van der Waals surface area contributed by atoms with E-state index in [1.54, 1.807) is 0 Å². The monoisotopic (exact) mass is 508 g/mol. The molecular formula is C38H24N2. The minimum absolute atomic E-state index is 1.17. The number of fused-ring (bicyclic) bond motifs is 10. The molecule has 0 fully saturated rings. The number of hydrogen-bond acceptors (Lipinski definition) is 0. The van der Waals surface area contributed by atoms with E-state index in [-0.39, 0.29) is 0 Å². The van der Waals surface area contributed by atoms with Crippen molar-refractivity contribution in [3.05, 3.63) is 140 Å². The van der Waals surface area contributed by atoms with Crippen molar-refractivity contribution in [3.8, 4) is 16.8 Å². The first-order valence-electron chi connectivity index (χ1n) is 13.8. The standard InChI is InChI=1S/C38H24N2/c1-2-12-24(13-3-1)40-35-21-11-9-19-30(35)38-28-17-7-5-15-26(28)32(23-36(38)40)31-22-34-37(27-16-6-4-14-25(27)31)29-18-8-10-20-33(29)39-34/h1-23,39H. The molecule has 2 aromatic heterocycles. The molecule has 186 valence electrons. The first-order chi connectivity index (χ1) is 19.9. The summed E-state index contributed by atoms with van der Waals surface area (Å²) >= 11 is 0. The Hall–Kier alpha value is -5.34. The summed E-state index contributed by atoms with van der Waals surface area (Å²) in [5.74, 6) is 0. The van der Waals surface area contributed by atoms with E-state index in [1.807, 2.05) is 0 Å². The zero-order valence-electron chi connectivity index (χ0n) is 21.7. The van der Waals surface area contributed by atoms with Gasteiger partial charge in [0.25, 0.3) is 0 Å². The van der Waals surface area contributed by atoms with Crippen LogP contribution in [0.25, 0.3) is 82.0 Å². The van der Waals surface area contributed by atoms with Crippen LogP contribution in [0, 0.1) is 0 Å². The van der Waals surface area contributed by atoms with Gasteiger partial charge in [0, 0.05) is 38.3 Å². The molecule has 7 aromatic carbocycles. The maximum atomic E-state index is 3.72. The zero-order valence-corrected chi connectivity index (χ0v) is 21.7. The van der Waals surface area contributed by atoms with Crippen molar-refractivity contribution in [2.24, 2.45) is 0 Å². The molecule has 9 rings (SSSR count). The summed E-state index contributed by atoms with van der Waals surface area (Å²) in [5, 5.41) is 10.2. The predicted octanol–water partition coefficient (Wildman–Crippen LogP) is 10.4. The molecule has 0 bridgehead atoms. The Balaban J connectivity index is 1.49. The molecule has 0 saturated heterocycles. The van der Waals surface area contributed by atoms with Gasteiger partial charge in [-0.1, -0.05) is 103 Å². The molecule has 0 aliphatic carbocycles. The summed E-state index contributed by atoms with van der Waals surface area (Å²) in [7, 11) is 0. The lowest BCUT2D eigenvalue weighted by Crippen LogP contribution is -1.94. The van der Waals surface area contributed by atoms with Gasteiger partial charge in [0.1, 0.15) is 0 Å². The van der Waals surface area contributed by atoms with Crippen molar-refractivity contribution in [1.82, 2.24) is 9.55 Å². The molecule has 2 heterocycles. The smallest absolute Gasteiger partial charge is 0.0553 e. The van der Waals surface area contributed by atoms with Gasteiger partial charge in [0.15, 0.2) is 0 Å². The van der Waals surface area contributed by atoms with E-state index in [4.69, 9.17) is 0 Å². The maximum Gasteiger partial charge on any atom is 0.0553 e. The van der Waals surface area contributed by atoms with Crippen molar-refractivity contribution >= 4 is 65.2 Å². The van der Waals surface area contributed by atoms with Crippen LogP contribution in [0.3, 0.4) is 0 Å². The Kier molecular flexibility index (Phi) is 4.36. The second-order valence-corrected chi connectivity index (χ2v) is 10.6. The van der Waals surface area contributed by atoms with Gasteiger partial charge in [-0.25, -0.2) is 0 Å². The van der Waals surface area contributed by atoms with Crippen LogP contribution in [-0.2, 0) is 0 Å². The van der Waals surface area contributed by atoms with Gasteiger partial charge in [-0.05, 0) is 69.1 Å². The lowest BCUT2D eigenvalue weighted by Gasteiger charge is -2.14. The fourth-order valence-corrected chi connectivity index (χ4v) is 6.85. The average molecular weight is 509 g/mol. The molecular weight excluding hydrogens is 484 g/mol. The van der Waals surface area contributed by atoms with Crippen molar-refractivity contribution < 1.29 is 0 Å². The Bertz CT molecular complexity index is 2420. The number of rotatable bonds is 2. The second kappa shape index (κ2) is 8.08. The van der Waals surface area contributed by atoms with E-state index >= 15 is 0 Å². The first-order valence-corrected chi connectivity index (χ1v) is 13.8. The topological polar surface area (TPSA) is 20.7 Å². The fourth-order valence-electron chi connectivity index (χ4n) is 6.85. The number of aromatic amines is 1. The highest BCUT2D eigenvalue weighted by atomic mass is 15.0. The minimum Gasteiger partial charge on any atom is -0.354 e. The first kappa shape index (κ1) is 21.6. The Morgan fingerprint density at radius 1 is 0.375 bits per heavy atom. The van der Waals surface area contributed by atoms with Crippen LogP contribution in [0.4, 0.5) is 0 Å². The molecule has 0 radical (unpaired) electrons. The lowest BCUT2D eigenvalue weighted by molar-refractivity contribution is 1.18. The highest BCUT2D eigenvalue weighted by Gasteiger charge is 2.20. The molecule has 9 aromatic rings. The molecule has 1 N–H and O–H groups in total. The number of nitrogens with one attached hydrogen (secondary N) is 1. The third-order valence-electron chi connectivity index (χ3n) is 8.49. The van der Waals surface area contributed by atoms with Gasteiger partial charge in [-0.3, -0.25) is 0 Å². The van der Waals surface area contributed by atoms with E-state index in [0.717, 1.165) is 0 Å². The van der Waals surface area contributed by atoms with Gasteiger partial charge in [-0.15, -0.1) is 0 Å². The molecule has 2 nitrogen and oxygen atoms in total. The Morgan fingerprint density at radius 2 is 0.925 bits per heavy atom. The van der Waals surface area contributed by atoms with Crippen LogP contribution < -0.4 is 0 Å². The Labute approximate surface area is 230 Å². The van der Waals surface area contributed by atoms with Gasteiger partial charge in [0.2, 0.25) is 0 Å². The summed E-state index contributed by atoms with van der Waals surface area (Å²) in [5.41, 5.74) is 8.46. The molecule has 0 spiro atoms. The number of H-pyrrole nitrogens is 1. The summed E-state index contributed by atoms with van der Waals surface area (Å²) in [6, 6.07) is 50.7. The highest BCUT2D eigenvalue weighted by molar-refractivity contribution is 6.28. The molecule has 0 aliphatic rings. The number of aromatic nitrogens is 2. The quantitative estimate of drug-likeness (QED) is 0.240. The molecule has 2 heteroatoms. The molecule has 0 amide bonds. The van der Waals surface area contributed by atoms with E-state index in [2.05, 4.69) is 149 Å². The van der Waals surface area contributed by atoms with Crippen LogP contribution >= 0.6 is 0 Å². The molecule has 0 atom stereocenters. The van der Waals surface area contributed by atoms with Gasteiger partial charge >= 0.3 is 0 Å². The van der Waals surface area contributed by atoms with E-state index in [9.17, 15) is 0 Å². The van der Waals surface area contributed by atoms with Crippen LogP contribution in [0.2, 0.25) is 0 Å². The van der Waals surface area contributed by atoms with E-state index in [0.29, 0.717) is 0 Å². The van der Waals surface area contributed by atoms with Crippen LogP contribution in [0.5, 0.6) is 0 Å². The largest absolute Gasteiger partial charge is 0.354 e. The van der Waals surface area contributed by atoms with Gasteiger partial charge < -0.3 is 9.55 Å². The molecule has 0 unspecified atom stereocenters. The van der Waals surface area contributed by atoms with Crippen molar-refractivity contribution in [2.75, 3.05) is 0 Å². The summed E-state index contributed by atoms with van der Waals surface area (Å²) in [6.07, 6.45) is 0. The van der Waals surface area contributed by atoms with E-state index < -0.39 is 0 Å². The van der Waals surface area contributed by atoms with E-state index in [1.165, 1.54) is 82.0 Å². The van der Waals surface area contributed by atoms with Crippen molar-refractivity contribution in [1.29, 1.82) is 0 Å². The van der Waals surface area contributed by atoms with Crippen molar-refractivity contribution in [2.45, 2.75) is 0 Å². The normalized spacial score (nSPS) is 12.0. The SMILES string of the molecule is c1ccc(-n2c3ccccc3c3c4ccccc4c(-c4cc5[nH]c6ccccc6c5c5ccccc45)cc32)cc1. The van der Waals surface area contributed by atoms with Gasteiger partial charge in [-0.2, -0.15) is 0 Å². The number of para-hydroxylation sites is 3. The zero-order chi connectivity index (χ0) is 26.2. The van der Waals surface area contributed by atoms with Crippen LogP contribution in [0.15, 0.2) is 140 Å². The van der Waals surface area contributed by atoms with Gasteiger partial charge in [0.05, 0.1) is 11.0 Å². The lowest BCUT2D eigenvalue weighted by atomic mass is 9.90. The summed E-state index contributed by atoms with van der Waals surface area (Å²) < 4.78 is 2.42. The highest BCUT2D eigenvalue weighted by Crippen LogP contribution is 2.44. The summed E-state index contributed by atoms with van der Waals surface area (Å²) in [4.78, 5) is 3.72. The molecule has 0 aliphatic heterocycles. The maximum absolute atomic E-state index is 3.72. The number of benzene rings is 7. The van der Waals surface area contributed by atoms with Crippen LogP contribution in [0.1, 0.15) is 0 Å². The third kappa shape index (κ3) is 2.88. The second-order valence-electron chi connectivity index (χ2n) is 10.6. The third-order valence-corrected chi connectivity index (χ3v) is 8.49. The number of nitrogens with zero attached hydrogens (tertiary/aromatic N) is 1. The minimum atomic E-state index is 1.17. The van der Waals surface area contributed by atoms with Crippen molar-refractivity contribution in [3.63, 3.8) is 0 Å². The predicted molar refractivity (Wildman–Crippen MR) is 171 cm³/mol. The molecule has 0 saturated carbocycles. The molecule has 40 heavy (non-hydrogen) atoms. The fraction of sp³-hybridized carbons (Fsp3) is 0. The Morgan fingerprint density at radius 3 is 1.68 bits per heavy atom. The summed E-state index contributed by atoms with van der Waals surface area (Å²) in [6.45, 7) is 0.